The highest BCUT2D eigenvalue weighted by Crippen LogP contribution is 2.17. The van der Waals surface area contributed by atoms with Gasteiger partial charge in [-0.25, -0.2) is 4.98 Å². The van der Waals surface area contributed by atoms with Gasteiger partial charge >= 0.3 is 0 Å². The molecule has 0 aliphatic carbocycles. The van der Waals surface area contributed by atoms with Crippen molar-refractivity contribution >= 4 is 21.6 Å². The molecule has 68 valence electrons. The highest BCUT2D eigenvalue weighted by atomic mass is 79.9. The van der Waals surface area contributed by atoms with Crippen LogP contribution in [-0.4, -0.2) is 14.5 Å². The summed E-state index contributed by atoms with van der Waals surface area (Å²) in [6.07, 6.45) is 3.76. The van der Waals surface area contributed by atoms with Crippen LogP contribution in [0.15, 0.2) is 22.9 Å². The molecule has 2 aromatic rings. The number of aryl methyl sites for hydroxylation is 1. The van der Waals surface area contributed by atoms with Gasteiger partial charge in [-0.05, 0) is 34.5 Å². The Labute approximate surface area is 84.2 Å². The molecule has 0 unspecified atom stereocenters. The molecule has 0 atom stereocenters. The van der Waals surface area contributed by atoms with Crippen molar-refractivity contribution in [1.82, 2.24) is 9.38 Å². The van der Waals surface area contributed by atoms with Crippen molar-refractivity contribution in [2.75, 3.05) is 0 Å². The summed E-state index contributed by atoms with van der Waals surface area (Å²) in [6.45, 7) is 2.00. The van der Waals surface area contributed by atoms with Gasteiger partial charge in [-0.3, -0.25) is 0 Å². The molecule has 2 aromatic heterocycles. The van der Waals surface area contributed by atoms with E-state index in [2.05, 4.69) is 20.9 Å². The van der Waals surface area contributed by atoms with Crippen LogP contribution < -0.4 is 0 Å². The molecule has 0 amide bonds. The average Bonchev–Trinajstić information content (AvgIpc) is 2.48. The Kier molecular flexibility index (Phi) is 2.09. The first-order valence-electron chi connectivity index (χ1n) is 3.95. The molecule has 0 aliphatic heterocycles. The number of halogens is 1. The monoisotopic (exact) mass is 240 g/mol. The first kappa shape index (κ1) is 8.72. The van der Waals surface area contributed by atoms with Gasteiger partial charge in [0.2, 0.25) is 0 Å². The lowest BCUT2D eigenvalue weighted by Gasteiger charge is -1.98. The van der Waals surface area contributed by atoms with Gasteiger partial charge in [0.25, 0.3) is 0 Å². The topological polar surface area (TPSA) is 37.5 Å². The number of aromatic nitrogens is 2. The number of imidazole rings is 1. The van der Waals surface area contributed by atoms with Gasteiger partial charge in [0, 0.05) is 16.9 Å². The predicted molar refractivity (Wildman–Crippen MR) is 53.6 cm³/mol. The molecular weight excluding hydrogens is 232 g/mol. The zero-order valence-corrected chi connectivity index (χ0v) is 8.74. The van der Waals surface area contributed by atoms with Gasteiger partial charge in [0.15, 0.2) is 0 Å². The van der Waals surface area contributed by atoms with Crippen LogP contribution in [0.3, 0.4) is 0 Å². The van der Waals surface area contributed by atoms with Gasteiger partial charge in [-0.2, -0.15) is 0 Å². The highest BCUT2D eigenvalue weighted by Gasteiger charge is 2.02. The Morgan fingerprint density at radius 3 is 3.00 bits per heavy atom. The summed E-state index contributed by atoms with van der Waals surface area (Å²) in [5.41, 5.74) is 2.70. The van der Waals surface area contributed by atoms with Crippen LogP contribution in [0.2, 0.25) is 0 Å². The fraction of sp³-hybridized carbons (Fsp3) is 0.222. The summed E-state index contributed by atoms with van der Waals surface area (Å²) < 4.78 is 2.93. The molecule has 0 aliphatic rings. The van der Waals surface area contributed by atoms with Crippen molar-refractivity contribution in [1.29, 1.82) is 0 Å². The Balaban J connectivity index is 2.70. The number of aliphatic hydroxyl groups excluding tert-OH is 1. The van der Waals surface area contributed by atoms with Gasteiger partial charge in [0.1, 0.15) is 5.65 Å². The third kappa shape index (κ3) is 1.47. The van der Waals surface area contributed by atoms with E-state index in [1.165, 1.54) is 0 Å². The zero-order chi connectivity index (χ0) is 9.42. The Bertz CT molecular complexity index is 411. The number of aliphatic hydroxyl groups is 1. The second kappa shape index (κ2) is 3.12. The lowest BCUT2D eigenvalue weighted by Crippen LogP contribution is -1.85. The molecule has 4 heteroatoms. The number of hydrogen-bond acceptors (Lipinski definition) is 2. The summed E-state index contributed by atoms with van der Waals surface area (Å²) in [7, 11) is 0. The lowest BCUT2D eigenvalue weighted by atomic mass is 10.3. The normalized spacial score (nSPS) is 11.0. The van der Waals surface area contributed by atoms with E-state index >= 15 is 0 Å². The van der Waals surface area contributed by atoms with E-state index in [0.717, 1.165) is 15.7 Å². The third-order valence-corrected chi connectivity index (χ3v) is 2.78. The van der Waals surface area contributed by atoms with Crippen LogP contribution in [0, 0.1) is 6.92 Å². The predicted octanol–water partition coefficient (Wildman–Crippen LogP) is 1.90. The zero-order valence-electron chi connectivity index (χ0n) is 7.16. The standard InChI is InChI=1S/C9H9BrN2O/c1-6-2-9-11-7(5-13)3-12(9)4-8(6)10/h2-4,13H,5H2,1H3. The second-order valence-electron chi connectivity index (χ2n) is 2.96. The summed E-state index contributed by atoms with van der Waals surface area (Å²) in [5.74, 6) is 0. The van der Waals surface area contributed by atoms with Gasteiger partial charge in [0.05, 0.1) is 12.3 Å². The smallest absolute Gasteiger partial charge is 0.137 e. The molecule has 0 fully saturated rings. The van der Waals surface area contributed by atoms with Crippen LogP contribution >= 0.6 is 15.9 Å². The van der Waals surface area contributed by atoms with Crippen molar-refractivity contribution in [2.24, 2.45) is 0 Å². The average molecular weight is 241 g/mol. The van der Waals surface area contributed by atoms with Crippen LogP contribution in [0.4, 0.5) is 0 Å². The molecule has 2 rings (SSSR count). The molecule has 1 N–H and O–H groups in total. The summed E-state index contributed by atoms with van der Waals surface area (Å²) in [4.78, 5) is 4.23. The maximum atomic E-state index is 8.89. The van der Waals surface area contributed by atoms with Gasteiger partial charge < -0.3 is 9.51 Å². The number of hydrogen-bond donors (Lipinski definition) is 1. The van der Waals surface area contributed by atoms with Gasteiger partial charge in [-0.15, -0.1) is 0 Å². The van der Waals surface area contributed by atoms with E-state index in [9.17, 15) is 0 Å². The molecule has 0 bridgehead atoms. The largest absolute Gasteiger partial charge is 0.390 e. The third-order valence-electron chi connectivity index (χ3n) is 1.95. The van der Waals surface area contributed by atoms with E-state index in [1.807, 2.05) is 29.8 Å². The lowest BCUT2D eigenvalue weighted by molar-refractivity contribution is 0.277. The van der Waals surface area contributed by atoms with Crippen molar-refractivity contribution < 1.29 is 5.11 Å². The SMILES string of the molecule is Cc1cc2nc(CO)cn2cc1Br. The fourth-order valence-electron chi connectivity index (χ4n) is 1.23. The van der Waals surface area contributed by atoms with Crippen molar-refractivity contribution in [3.8, 4) is 0 Å². The maximum Gasteiger partial charge on any atom is 0.137 e. The fourth-order valence-corrected chi connectivity index (χ4v) is 1.57. The number of pyridine rings is 1. The minimum atomic E-state index is -0.0155. The minimum absolute atomic E-state index is 0.0155. The van der Waals surface area contributed by atoms with Crippen LogP contribution in [0.5, 0.6) is 0 Å². The molecule has 0 spiro atoms. The Morgan fingerprint density at radius 2 is 2.31 bits per heavy atom. The van der Waals surface area contributed by atoms with E-state index in [1.54, 1.807) is 0 Å². The molecule has 3 nitrogen and oxygen atoms in total. The Morgan fingerprint density at radius 1 is 1.54 bits per heavy atom. The number of fused-ring (bicyclic) bond motifs is 1. The Hall–Kier alpha value is -0.870. The minimum Gasteiger partial charge on any atom is -0.390 e. The summed E-state index contributed by atoms with van der Waals surface area (Å²) >= 11 is 3.44. The first-order chi connectivity index (χ1) is 6.20. The molecule has 0 saturated heterocycles. The molecule has 13 heavy (non-hydrogen) atoms. The van der Waals surface area contributed by atoms with Crippen molar-refractivity contribution in [2.45, 2.75) is 13.5 Å². The van der Waals surface area contributed by atoms with Gasteiger partial charge in [-0.1, -0.05) is 0 Å². The molecule has 0 saturated carbocycles. The van der Waals surface area contributed by atoms with E-state index < -0.39 is 0 Å². The molecule has 0 aromatic carbocycles. The van der Waals surface area contributed by atoms with E-state index in [0.29, 0.717) is 5.69 Å². The summed E-state index contributed by atoms with van der Waals surface area (Å²) in [5, 5.41) is 8.89. The molecule has 2 heterocycles. The first-order valence-corrected chi connectivity index (χ1v) is 4.74. The molecule has 0 radical (unpaired) electrons. The quantitative estimate of drug-likeness (QED) is 0.827. The second-order valence-corrected chi connectivity index (χ2v) is 3.81. The van der Waals surface area contributed by atoms with Crippen molar-refractivity contribution in [3.05, 3.63) is 34.2 Å². The van der Waals surface area contributed by atoms with Crippen LogP contribution in [0.1, 0.15) is 11.3 Å². The van der Waals surface area contributed by atoms with Crippen molar-refractivity contribution in [3.63, 3.8) is 0 Å². The highest BCUT2D eigenvalue weighted by molar-refractivity contribution is 9.10. The van der Waals surface area contributed by atoms with E-state index in [4.69, 9.17) is 5.11 Å². The number of rotatable bonds is 1. The van der Waals surface area contributed by atoms with E-state index in [-0.39, 0.29) is 6.61 Å². The maximum absolute atomic E-state index is 8.89. The molecular formula is C9H9BrN2O. The van der Waals surface area contributed by atoms with Crippen LogP contribution in [0.25, 0.3) is 5.65 Å². The summed E-state index contributed by atoms with van der Waals surface area (Å²) in [6, 6.07) is 1.98. The number of nitrogens with zero attached hydrogens (tertiary/aromatic N) is 2. The van der Waals surface area contributed by atoms with Crippen LogP contribution in [-0.2, 0) is 6.61 Å².